The van der Waals surface area contributed by atoms with Crippen molar-refractivity contribution in [1.82, 2.24) is 20.0 Å². The number of aromatic amines is 1. The Kier molecular flexibility index (Phi) is 6.15. The van der Waals surface area contributed by atoms with Crippen molar-refractivity contribution in [2.75, 3.05) is 11.9 Å². The Morgan fingerprint density at radius 2 is 2.08 bits per heavy atom. The number of benzene rings is 2. The molecule has 4 aromatic rings. The molecule has 36 heavy (non-hydrogen) atoms. The standard InChI is InChI=1S/C26H21ClFN5O3/c1-14-22(30-15(2)23(14)26(35)36-11-10-33-9-8-29-32-33)13-18-24-17(4-3-5-21(24)31-25(18)34)16-6-7-20(28)19(27)12-16/h3-9,12-13,30H,10-11H2,1-2H3,(H,31,34). The minimum absolute atomic E-state index is 0.00396. The predicted molar refractivity (Wildman–Crippen MR) is 134 cm³/mol. The van der Waals surface area contributed by atoms with Gasteiger partial charge in [-0.3, -0.25) is 4.79 Å². The Morgan fingerprint density at radius 1 is 1.25 bits per heavy atom. The molecule has 0 aliphatic carbocycles. The lowest BCUT2D eigenvalue weighted by Crippen LogP contribution is -2.13. The summed E-state index contributed by atoms with van der Waals surface area (Å²) < 4.78 is 20.8. The highest BCUT2D eigenvalue weighted by Crippen LogP contribution is 2.41. The Bertz CT molecular complexity index is 1520. The van der Waals surface area contributed by atoms with E-state index >= 15 is 0 Å². The first-order valence-corrected chi connectivity index (χ1v) is 11.5. The van der Waals surface area contributed by atoms with Crippen LogP contribution in [0, 0.1) is 19.7 Å². The quantitative estimate of drug-likeness (QED) is 0.282. The van der Waals surface area contributed by atoms with Gasteiger partial charge in [0.25, 0.3) is 5.91 Å². The smallest absolute Gasteiger partial charge is 0.340 e. The van der Waals surface area contributed by atoms with Gasteiger partial charge >= 0.3 is 5.97 Å². The fourth-order valence-electron chi connectivity index (χ4n) is 4.32. The number of anilines is 1. The molecule has 0 atom stereocenters. The number of carbonyl (C=O) groups is 2. The number of halogens is 2. The van der Waals surface area contributed by atoms with Gasteiger partial charge in [-0.1, -0.05) is 35.0 Å². The molecule has 2 aromatic carbocycles. The van der Waals surface area contributed by atoms with Crippen LogP contribution in [-0.2, 0) is 16.1 Å². The second-order valence-electron chi connectivity index (χ2n) is 8.33. The lowest BCUT2D eigenvalue weighted by atomic mass is 9.94. The second kappa shape index (κ2) is 9.43. The summed E-state index contributed by atoms with van der Waals surface area (Å²) in [6.45, 7) is 4.10. The van der Waals surface area contributed by atoms with Crippen LogP contribution in [0.2, 0.25) is 5.02 Å². The third kappa shape index (κ3) is 4.29. The molecule has 0 saturated carbocycles. The molecule has 1 aliphatic heterocycles. The Hall–Kier alpha value is -4.24. The van der Waals surface area contributed by atoms with E-state index in [1.54, 1.807) is 49.1 Å². The van der Waals surface area contributed by atoms with Crippen molar-refractivity contribution in [2.45, 2.75) is 20.4 Å². The maximum Gasteiger partial charge on any atom is 0.340 e. The number of amides is 1. The van der Waals surface area contributed by atoms with Crippen LogP contribution in [0.5, 0.6) is 0 Å². The number of nitrogens with one attached hydrogen (secondary N) is 2. The molecule has 3 heterocycles. The Balaban J connectivity index is 1.48. The molecule has 182 valence electrons. The normalized spacial score (nSPS) is 13.7. The van der Waals surface area contributed by atoms with Crippen molar-refractivity contribution in [1.29, 1.82) is 0 Å². The first-order chi connectivity index (χ1) is 17.3. The number of esters is 1. The molecule has 0 fully saturated rings. The third-order valence-electron chi connectivity index (χ3n) is 6.05. The average Bonchev–Trinajstić information content (AvgIpc) is 3.54. The highest BCUT2D eigenvalue weighted by Gasteiger charge is 2.29. The van der Waals surface area contributed by atoms with Crippen LogP contribution in [-0.4, -0.2) is 38.5 Å². The van der Waals surface area contributed by atoms with Crippen LogP contribution in [0.25, 0.3) is 22.8 Å². The zero-order valence-corrected chi connectivity index (χ0v) is 20.2. The molecule has 1 amide bonds. The lowest BCUT2D eigenvalue weighted by Gasteiger charge is -2.09. The van der Waals surface area contributed by atoms with Gasteiger partial charge in [-0.25, -0.2) is 13.9 Å². The number of aryl methyl sites for hydroxylation is 1. The highest BCUT2D eigenvalue weighted by molar-refractivity contribution is 6.36. The van der Waals surface area contributed by atoms with Gasteiger partial charge in [0, 0.05) is 28.8 Å². The molecular weight excluding hydrogens is 485 g/mol. The number of aromatic nitrogens is 4. The summed E-state index contributed by atoms with van der Waals surface area (Å²) >= 11 is 6.02. The van der Waals surface area contributed by atoms with Crippen LogP contribution < -0.4 is 5.32 Å². The van der Waals surface area contributed by atoms with Gasteiger partial charge in [-0.2, -0.15) is 0 Å². The lowest BCUT2D eigenvalue weighted by molar-refractivity contribution is -0.110. The molecule has 0 spiro atoms. The van der Waals surface area contributed by atoms with Gasteiger partial charge < -0.3 is 15.0 Å². The zero-order valence-electron chi connectivity index (χ0n) is 19.4. The SMILES string of the molecule is Cc1[nH]c(C=C2C(=O)Nc3cccc(-c4ccc(F)c(Cl)c4)c32)c(C)c1C(=O)OCCn1ccnn1. The minimum Gasteiger partial charge on any atom is -0.460 e. The average molecular weight is 506 g/mol. The summed E-state index contributed by atoms with van der Waals surface area (Å²) in [5.74, 6) is -1.27. The molecule has 0 unspecified atom stereocenters. The van der Waals surface area contributed by atoms with E-state index in [1.807, 2.05) is 12.1 Å². The molecular formula is C26H21ClFN5O3. The number of H-pyrrole nitrogens is 1. The summed E-state index contributed by atoms with van der Waals surface area (Å²) in [5.41, 5.74) is 5.45. The predicted octanol–water partition coefficient (Wildman–Crippen LogP) is 5.03. The molecule has 10 heteroatoms. The highest BCUT2D eigenvalue weighted by atomic mass is 35.5. The second-order valence-corrected chi connectivity index (χ2v) is 8.74. The van der Waals surface area contributed by atoms with Crippen molar-refractivity contribution in [3.63, 3.8) is 0 Å². The molecule has 8 nitrogen and oxygen atoms in total. The third-order valence-corrected chi connectivity index (χ3v) is 6.34. The van der Waals surface area contributed by atoms with Crippen LogP contribution in [0.3, 0.4) is 0 Å². The van der Waals surface area contributed by atoms with Gasteiger partial charge in [-0.05, 0) is 54.8 Å². The van der Waals surface area contributed by atoms with E-state index in [1.165, 1.54) is 12.1 Å². The van der Waals surface area contributed by atoms with Gasteiger partial charge in [0.1, 0.15) is 12.4 Å². The largest absolute Gasteiger partial charge is 0.460 e. The van der Waals surface area contributed by atoms with E-state index in [2.05, 4.69) is 20.6 Å². The number of hydrogen-bond acceptors (Lipinski definition) is 5. The first-order valence-electron chi connectivity index (χ1n) is 11.2. The first kappa shape index (κ1) is 23.5. The van der Waals surface area contributed by atoms with Crippen molar-refractivity contribution < 1.29 is 18.7 Å². The monoisotopic (exact) mass is 505 g/mol. The number of ether oxygens (including phenoxy) is 1. The van der Waals surface area contributed by atoms with E-state index in [9.17, 15) is 14.0 Å². The van der Waals surface area contributed by atoms with Gasteiger partial charge in [0.05, 0.1) is 28.9 Å². The van der Waals surface area contributed by atoms with E-state index in [-0.39, 0.29) is 17.5 Å². The fraction of sp³-hybridized carbons (Fsp3) is 0.154. The van der Waals surface area contributed by atoms with Gasteiger partial charge in [-0.15, -0.1) is 5.10 Å². The van der Waals surface area contributed by atoms with Crippen molar-refractivity contribution in [3.8, 4) is 11.1 Å². The summed E-state index contributed by atoms with van der Waals surface area (Å²) in [6.07, 6.45) is 4.95. The van der Waals surface area contributed by atoms with Crippen LogP contribution in [0.4, 0.5) is 10.1 Å². The van der Waals surface area contributed by atoms with E-state index in [0.29, 0.717) is 51.4 Å². The number of fused-ring (bicyclic) bond motifs is 1. The number of carbonyl (C=O) groups excluding carboxylic acids is 2. The van der Waals surface area contributed by atoms with Crippen molar-refractivity contribution in [3.05, 3.63) is 87.7 Å². The van der Waals surface area contributed by atoms with Crippen LogP contribution in [0.15, 0.2) is 48.8 Å². The Morgan fingerprint density at radius 3 is 2.83 bits per heavy atom. The topological polar surface area (TPSA) is 102 Å². The number of hydrogen-bond donors (Lipinski definition) is 2. The van der Waals surface area contributed by atoms with Gasteiger partial charge in [0.2, 0.25) is 0 Å². The van der Waals surface area contributed by atoms with Crippen LogP contribution >= 0.6 is 11.6 Å². The zero-order chi connectivity index (χ0) is 25.4. The fourth-order valence-corrected chi connectivity index (χ4v) is 4.50. The van der Waals surface area contributed by atoms with Crippen LogP contribution in [0.1, 0.15) is 32.9 Å². The number of rotatable bonds is 6. The Labute approximate surface area is 210 Å². The molecule has 2 N–H and O–H groups in total. The van der Waals surface area contributed by atoms with Gasteiger partial charge in [0.15, 0.2) is 0 Å². The van der Waals surface area contributed by atoms with E-state index in [0.717, 1.165) is 5.56 Å². The minimum atomic E-state index is -0.517. The summed E-state index contributed by atoms with van der Waals surface area (Å²) in [4.78, 5) is 28.9. The summed E-state index contributed by atoms with van der Waals surface area (Å²) in [5, 5.41) is 10.4. The number of nitrogens with zero attached hydrogens (tertiary/aromatic N) is 3. The van der Waals surface area contributed by atoms with E-state index < -0.39 is 11.8 Å². The maximum atomic E-state index is 13.8. The molecule has 2 aromatic heterocycles. The molecule has 1 aliphatic rings. The molecule has 0 saturated heterocycles. The maximum absolute atomic E-state index is 13.8. The molecule has 0 radical (unpaired) electrons. The summed E-state index contributed by atoms with van der Waals surface area (Å²) in [6, 6.07) is 9.91. The molecule has 5 rings (SSSR count). The summed E-state index contributed by atoms with van der Waals surface area (Å²) in [7, 11) is 0. The van der Waals surface area contributed by atoms with Crippen molar-refractivity contribution >= 4 is 40.8 Å². The molecule has 0 bridgehead atoms. The van der Waals surface area contributed by atoms with E-state index in [4.69, 9.17) is 16.3 Å². The van der Waals surface area contributed by atoms with Crippen molar-refractivity contribution in [2.24, 2.45) is 0 Å².